The molecule has 2 amide bonds. The van der Waals surface area contributed by atoms with Gasteiger partial charge >= 0.3 is 5.97 Å². The molecule has 2 atom stereocenters. The van der Waals surface area contributed by atoms with Gasteiger partial charge in [0.1, 0.15) is 6.54 Å². The van der Waals surface area contributed by atoms with E-state index < -0.39 is 5.97 Å². The predicted molar refractivity (Wildman–Crippen MR) is 132 cm³/mol. The highest BCUT2D eigenvalue weighted by Crippen LogP contribution is 2.42. The Morgan fingerprint density at radius 2 is 1.62 bits per heavy atom. The number of rotatable bonds is 6. The van der Waals surface area contributed by atoms with Crippen molar-refractivity contribution in [2.24, 2.45) is 0 Å². The van der Waals surface area contributed by atoms with Crippen LogP contribution in [0, 0.1) is 0 Å². The third-order valence-electron chi connectivity index (χ3n) is 6.04. The molecule has 0 spiro atoms. The van der Waals surface area contributed by atoms with E-state index >= 15 is 0 Å². The summed E-state index contributed by atoms with van der Waals surface area (Å²) in [7, 11) is 0. The van der Waals surface area contributed by atoms with Crippen molar-refractivity contribution >= 4 is 34.8 Å². The number of fused-ring (bicyclic) bond motifs is 1. The number of carboxylic acids is 1. The Kier molecular flexibility index (Phi) is 6.63. The molecule has 3 aromatic rings. The van der Waals surface area contributed by atoms with E-state index in [9.17, 15) is 14.4 Å². The molecule has 0 bridgehead atoms. The molecule has 3 aromatic carbocycles. The number of carbonyl (C=O) groups excluding carboxylic acids is 2. The van der Waals surface area contributed by atoms with Crippen LogP contribution in [-0.4, -0.2) is 35.5 Å². The van der Waals surface area contributed by atoms with Crippen LogP contribution in [0.2, 0.25) is 0 Å². The van der Waals surface area contributed by atoms with Gasteiger partial charge in [-0.3, -0.25) is 14.4 Å². The molecule has 7 nitrogen and oxygen atoms in total. The molecule has 0 radical (unpaired) electrons. The molecular weight excluding hydrogens is 430 g/mol. The minimum absolute atomic E-state index is 0.0533. The lowest BCUT2D eigenvalue weighted by molar-refractivity contribution is -0.135. The van der Waals surface area contributed by atoms with Crippen molar-refractivity contribution < 1.29 is 19.5 Å². The minimum atomic E-state index is -0.955. The quantitative estimate of drug-likeness (QED) is 0.559. The number of amides is 2. The van der Waals surface area contributed by atoms with Crippen molar-refractivity contribution in [2.75, 3.05) is 21.7 Å². The molecule has 0 fully saturated rings. The predicted octanol–water partition coefficient (Wildman–Crippen LogP) is 4.72. The highest BCUT2D eigenvalue weighted by Gasteiger charge is 2.38. The first-order valence-electron chi connectivity index (χ1n) is 11.2. The third kappa shape index (κ3) is 4.64. The summed E-state index contributed by atoms with van der Waals surface area (Å²) < 4.78 is 0. The normalized spacial score (nSPS) is 16.9. The molecule has 1 aliphatic heterocycles. The van der Waals surface area contributed by atoms with Crippen LogP contribution in [0.25, 0.3) is 0 Å². The van der Waals surface area contributed by atoms with Crippen LogP contribution in [-0.2, 0) is 9.59 Å². The molecule has 7 heteroatoms. The number of nitrogens with zero attached hydrogens (tertiary/aromatic N) is 2. The second kappa shape index (κ2) is 9.79. The van der Waals surface area contributed by atoms with Crippen LogP contribution >= 0.6 is 0 Å². The molecule has 1 heterocycles. The van der Waals surface area contributed by atoms with E-state index in [1.165, 1.54) is 0 Å². The van der Waals surface area contributed by atoms with Crippen LogP contribution in [0.4, 0.5) is 17.1 Å². The Hall–Kier alpha value is -4.13. The number of para-hydroxylation sites is 2. The lowest BCUT2D eigenvalue weighted by atomic mass is 9.89. The number of hydrogen-bond donors (Lipinski definition) is 2. The van der Waals surface area contributed by atoms with Gasteiger partial charge in [-0.15, -0.1) is 0 Å². The highest BCUT2D eigenvalue weighted by atomic mass is 16.4. The standard InChI is InChI=1S/C27H27N3O4/c1-18-16-25(30(19(2)31)22-8-4-3-5-9-22)23-10-6-7-11-24(23)29(18)27(34)20-12-14-21(15-13-20)28-17-26(32)33/h3-15,18,25,28H,16-17H2,1-2H3,(H,32,33). The van der Waals surface area contributed by atoms with Crippen molar-refractivity contribution in [3.8, 4) is 0 Å². The van der Waals surface area contributed by atoms with Gasteiger partial charge in [-0.25, -0.2) is 0 Å². The third-order valence-corrected chi connectivity index (χ3v) is 6.04. The van der Waals surface area contributed by atoms with Crippen molar-refractivity contribution in [1.29, 1.82) is 0 Å². The Labute approximate surface area is 198 Å². The number of carboxylic acid groups (broad SMARTS) is 1. The molecule has 2 N–H and O–H groups in total. The van der Waals surface area contributed by atoms with Crippen LogP contribution in [0.3, 0.4) is 0 Å². The van der Waals surface area contributed by atoms with Crippen molar-refractivity contribution in [2.45, 2.75) is 32.4 Å². The Morgan fingerprint density at radius 1 is 0.971 bits per heavy atom. The highest BCUT2D eigenvalue weighted by molar-refractivity contribution is 6.07. The number of carbonyl (C=O) groups is 3. The van der Waals surface area contributed by atoms with Gasteiger partial charge in [0.15, 0.2) is 0 Å². The molecule has 4 rings (SSSR count). The zero-order valence-electron chi connectivity index (χ0n) is 19.1. The van der Waals surface area contributed by atoms with E-state index in [2.05, 4.69) is 5.32 Å². The molecule has 34 heavy (non-hydrogen) atoms. The number of hydrogen-bond acceptors (Lipinski definition) is 4. The molecule has 2 unspecified atom stereocenters. The fourth-order valence-electron chi connectivity index (χ4n) is 4.55. The van der Waals surface area contributed by atoms with Gasteiger partial charge in [0, 0.05) is 35.6 Å². The maximum atomic E-state index is 13.6. The molecule has 1 aliphatic rings. The number of anilines is 3. The average molecular weight is 458 g/mol. The maximum Gasteiger partial charge on any atom is 0.322 e. The smallest absolute Gasteiger partial charge is 0.322 e. The lowest BCUT2D eigenvalue weighted by Crippen LogP contribution is -2.47. The topological polar surface area (TPSA) is 90.0 Å². The van der Waals surface area contributed by atoms with Gasteiger partial charge in [0.05, 0.1) is 6.04 Å². The monoisotopic (exact) mass is 457 g/mol. The molecular formula is C27H27N3O4. The van der Waals surface area contributed by atoms with E-state index in [-0.39, 0.29) is 30.4 Å². The van der Waals surface area contributed by atoms with E-state index in [0.29, 0.717) is 17.7 Å². The average Bonchev–Trinajstić information content (AvgIpc) is 2.83. The van der Waals surface area contributed by atoms with Gasteiger partial charge in [0.25, 0.3) is 5.91 Å². The summed E-state index contributed by atoms with van der Waals surface area (Å²) in [6, 6.07) is 23.7. The second-order valence-electron chi connectivity index (χ2n) is 8.38. The first-order valence-corrected chi connectivity index (χ1v) is 11.2. The number of aliphatic carboxylic acids is 1. The molecule has 0 aliphatic carbocycles. The minimum Gasteiger partial charge on any atom is -0.480 e. The summed E-state index contributed by atoms with van der Waals surface area (Å²) in [6.45, 7) is 3.37. The van der Waals surface area contributed by atoms with Gasteiger partial charge in [0.2, 0.25) is 5.91 Å². The first-order chi connectivity index (χ1) is 16.4. The van der Waals surface area contributed by atoms with Crippen LogP contribution in [0.1, 0.15) is 42.2 Å². The maximum absolute atomic E-state index is 13.6. The summed E-state index contributed by atoms with van der Waals surface area (Å²) in [5.74, 6) is -1.15. The first kappa shape index (κ1) is 23.0. The second-order valence-corrected chi connectivity index (χ2v) is 8.38. The largest absolute Gasteiger partial charge is 0.480 e. The Bertz CT molecular complexity index is 1190. The zero-order chi connectivity index (χ0) is 24.2. The fourth-order valence-corrected chi connectivity index (χ4v) is 4.55. The molecule has 174 valence electrons. The Balaban J connectivity index is 1.67. The summed E-state index contributed by atoms with van der Waals surface area (Å²) in [4.78, 5) is 40.6. The van der Waals surface area contributed by atoms with E-state index in [4.69, 9.17) is 5.11 Å². The number of nitrogens with one attached hydrogen (secondary N) is 1. The molecule has 0 aromatic heterocycles. The van der Waals surface area contributed by atoms with Gasteiger partial charge < -0.3 is 20.2 Å². The van der Waals surface area contributed by atoms with Crippen LogP contribution < -0.4 is 15.1 Å². The van der Waals surface area contributed by atoms with Crippen LogP contribution in [0.15, 0.2) is 78.9 Å². The summed E-state index contributed by atoms with van der Waals surface area (Å²) in [6.07, 6.45) is 0.593. The summed E-state index contributed by atoms with van der Waals surface area (Å²) >= 11 is 0. The van der Waals surface area contributed by atoms with Crippen molar-refractivity contribution in [3.63, 3.8) is 0 Å². The molecule has 0 saturated carbocycles. The van der Waals surface area contributed by atoms with E-state index in [1.54, 1.807) is 41.0 Å². The van der Waals surface area contributed by atoms with Crippen molar-refractivity contribution in [1.82, 2.24) is 0 Å². The van der Waals surface area contributed by atoms with Gasteiger partial charge in [-0.05, 0) is 61.4 Å². The summed E-state index contributed by atoms with van der Waals surface area (Å²) in [5, 5.41) is 11.6. The SMILES string of the molecule is CC(=O)N(c1ccccc1)C1CC(C)N(C(=O)c2ccc(NCC(=O)O)cc2)c2ccccc21. The van der Waals surface area contributed by atoms with Crippen LogP contribution in [0.5, 0.6) is 0 Å². The zero-order valence-corrected chi connectivity index (χ0v) is 19.1. The van der Waals surface area contributed by atoms with Gasteiger partial charge in [-0.2, -0.15) is 0 Å². The fraction of sp³-hybridized carbons (Fsp3) is 0.222. The lowest BCUT2D eigenvalue weighted by Gasteiger charge is -2.43. The molecule has 0 saturated heterocycles. The van der Waals surface area contributed by atoms with E-state index in [1.807, 2.05) is 61.5 Å². The van der Waals surface area contributed by atoms with Gasteiger partial charge in [-0.1, -0.05) is 36.4 Å². The van der Waals surface area contributed by atoms with E-state index in [0.717, 1.165) is 16.9 Å². The summed E-state index contributed by atoms with van der Waals surface area (Å²) in [5.41, 5.74) is 3.67. The van der Waals surface area contributed by atoms with Crippen molar-refractivity contribution in [3.05, 3.63) is 90.0 Å². The Morgan fingerprint density at radius 3 is 2.26 bits per heavy atom. The number of benzene rings is 3.